The fourth-order valence-corrected chi connectivity index (χ4v) is 1.43. The number of rotatable bonds is 4. The third kappa shape index (κ3) is 4.24. The summed E-state index contributed by atoms with van der Waals surface area (Å²) in [5, 5.41) is 0.772. The van der Waals surface area contributed by atoms with Crippen LogP contribution in [0.1, 0.15) is 12.5 Å². The van der Waals surface area contributed by atoms with Gasteiger partial charge in [0.05, 0.1) is 16.5 Å². The number of carbonyl (C=O) groups is 2. The molecule has 0 heterocycles. The van der Waals surface area contributed by atoms with E-state index >= 15 is 0 Å². The van der Waals surface area contributed by atoms with Crippen molar-refractivity contribution >= 4 is 35.1 Å². The van der Waals surface area contributed by atoms with Crippen molar-refractivity contribution in [2.45, 2.75) is 19.4 Å². The van der Waals surface area contributed by atoms with E-state index < -0.39 is 18.0 Å². The van der Waals surface area contributed by atoms with E-state index in [0.717, 1.165) is 0 Å². The van der Waals surface area contributed by atoms with Crippen molar-refractivity contribution in [2.75, 3.05) is 0 Å². The third-order valence-electron chi connectivity index (χ3n) is 2.04. The highest BCUT2D eigenvalue weighted by Crippen LogP contribution is 2.22. The standard InChI is InChI=1S/C11H11Cl2NO3/c1-6(11(14)16)17-10(15)5-7-2-3-8(12)9(13)4-7/h2-4,6H,5H2,1H3,(H2,14,16)/t6-/m0/s1. The zero-order chi connectivity index (χ0) is 13.0. The van der Waals surface area contributed by atoms with Crippen LogP contribution in [0.4, 0.5) is 0 Å². The average molecular weight is 276 g/mol. The summed E-state index contributed by atoms with van der Waals surface area (Å²) in [4.78, 5) is 22.1. The second kappa shape index (κ2) is 5.89. The topological polar surface area (TPSA) is 69.4 Å². The van der Waals surface area contributed by atoms with Gasteiger partial charge in [0, 0.05) is 0 Å². The van der Waals surface area contributed by atoms with E-state index in [0.29, 0.717) is 15.6 Å². The van der Waals surface area contributed by atoms with Gasteiger partial charge in [0.2, 0.25) is 0 Å². The van der Waals surface area contributed by atoms with Crippen LogP contribution in [0.3, 0.4) is 0 Å². The van der Waals surface area contributed by atoms with Gasteiger partial charge in [0.1, 0.15) is 0 Å². The van der Waals surface area contributed by atoms with Gasteiger partial charge in [-0.2, -0.15) is 0 Å². The van der Waals surface area contributed by atoms with Crippen LogP contribution in [0, 0.1) is 0 Å². The molecule has 2 N–H and O–H groups in total. The Morgan fingerprint density at radius 1 is 1.35 bits per heavy atom. The Morgan fingerprint density at radius 2 is 2.00 bits per heavy atom. The molecule has 1 atom stereocenters. The zero-order valence-corrected chi connectivity index (χ0v) is 10.6. The molecule has 1 aromatic rings. The monoisotopic (exact) mass is 275 g/mol. The van der Waals surface area contributed by atoms with Gasteiger partial charge in [0.15, 0.2) is 6.10 Å². The first-order valence-electron chi connectivity index (χ1n) is 4.83. The summed E-state index contributed by atoms with van der Waals surface area (Å²) in [6.07, 6.45) is -0.931. The second-order valence-electron chi connectivity index (χ2n) is 3.46. The number of esters is 1. The summed E-state index contributed by atoms with van der Waals surface area (Å²) >= 11 is 11.5. The van der Waals surface area contributed by atoms with Crippen LogP contribution in [0.15, 0.2) is 18.2 Å². The van der Waals surface area contributed by atoms with Crippen molar-refractivity contribution < 1.29 is 14.3 Å². The quantitative estimate of drug-likeness (QED) is 0.854. The predicted molar refractivity (Wildman–Crippen MR) is 64.9 cm³/mol. The number of benzene rings is 1. The van der Waals surface area contributed by atoms with Gasteiger partial charge in [-0.3, -0.25) is 9.59 Å². The second-order valence-corrected chi connectivity index (χ2v) is 4.27. The largest absolute Gasteiger partial charge is 0.452 e. The molecule has 92 valence electrons. The van der Waals surface area contributed by atoms with Crippen LogP contribution in [0.5, 0.6) is 0 Å². The summed E-state index contributed by atoms with van der Waals surface area (Å²) in [5.41, 5.74) is 5.62. The molecule has 0 bridgehead atoms. The predicted octanol–water partition coefficient (Wildman–Crippen LogP) is 1.95. The lowest BCUT2D eigenvalue weighted by molar-refractivity contribution is -0.153. The van der Waals surface area contributed by atoms with E-state index in [1.807, 2.05) is 0 Å². The Balaban J connectivity index is 2.62. The lowest BCUT2D eigenvalue weighted by Gasteiger charge is -2.09. The molecule has 0 fully saturated rings. The van der Waals surface area contributed by atoms with Crippen LogP contribution < -0.4 is 5.73 Å². The Hall–Kier alpha value is -1.26. The molecule has 0 saturated carbocycles. The molecular weight excluding hydrogens is 265 g/mol. The lowest BCUT2D eigenvalue weighted by Crippen LogP contribution is -2.30. The smallest absolute Gasteiger partial charge is 0.311 e. The van der Waals surface area contributed by atoms with Crippen LogP contribution >= 0.6 is 23.2 Å². The first kappa shape index (κ1) is 13.8. The van der Waals surface area contributed by atoms with Gasteiger partial charge in [0.25, 0.3) is 5.91 Å². The summed E-state index contributed by atoms with van der Waals surface area (Å²) in [6.45, 7) is 1.41. The van der Waals surface area contributed by atoms with Crippen molar-refractivity contribution in [3.63, 3.8) is 0 Å². The molecule has 1 rings (SSSR count). The molecule has 17 heavy (non-hydrogen) atoms. The summed E-state index contributed by atoms with van der Waals surface area (Å²) in [5.74, 6) is -1.23. The van der Waals surface area contributed by atoms with Gasteiger partial charge in [-0.15, -0.1) is 0 Å². The van der Waals surface area contributed by atoms with Crippen molar-refractivity contribution in [1.29, 1.82) is 0 Å². The normalized spacial score (nSPS) is 11.9. The van der Waals surface area contributed by atoms with E-state index in [2.05, 4.69) is 0 Å². The molecule has 4 nitrogen and oxygen atoms in total. The van der Waals surface area contributed by atoms with E-state index in [4.69, 9.17) is 33.7 Å². The molecule has 0 unspecified atom stereocenters. The van der Waals surface area contributed by atoms with Gasteiger partial charge in [-0.25, -0.2) is 0 Å². The van der Waals surface area contributed by atoms with Crippen molar-refractivity contribution in [3.8, 4) is 0 Å². The molecule has 1 amide bonds. The molecule has 0 saturated heterocycles. The SMILES string of the molecule is C[C@H](OC(=O)Cc1ccc(Cl)c(Cl)c1)C(N)=O. The Bertz CT molecular complexity index is 448. The van der Waals surface area contributed by atoms with Gasteiger partial charge in [-0.05, 0) is 24.6 Å². The minimum Gasteiger partial charge on any atom is -0.452 e. The first-order chi connectivity index (χ1) is 7.90. The molecule has 0 aliphatic heterocycles. The van der Waals surface area contributed by atoms with Crippen molar-refractivity contribution in [1.82, 2.24) is 0 Å². The number of hydrogen-bond donors (Lipinski definition) is 1. The lowest BCUT2D eigenvalue weighted by atomic mass is 10.1. The highest BCUT2D eigenvalue weighted by molar-refractivity contribution is 6.42. The van der Waals surface area contributed by atoms with E-state index in [1.54, 1.807) is 18.2 Å². The van der Waals surface area contributed by atoms with Crippen LogP contribution in [-0.2, 0) is 20.7 Å². The summed E-state index contributed by atoms with van der Waals surface area (Å²) in [7, 11) is 0. The highest BCUT2D eigenvalue weighted by Gasteiger charge is 2.15. The maximum Gasteiger partial charge on any atom is 0.311 e. The molecule has 0 aromatic heterocycles. The number of primary amides is 1. The molecule has 0 aliphatic rings. The highest BCUT2D eigenvalue weighted by atomic mass is 35.5. The van der Waals surface area contributed by atoms with E-state index in [9.17, 15) is 9.59 Å². The van der Waals surface area contributed by atoms with Crippen molar-refractivity contribution in [2.24, 2.45) is 5.73 Å². The molecule has 0 aliphatic carbocycles. The number of ether oxygens (including phenoxy) is 1. The maximum atomic E-state index is 11.4. The van der Waals surface area contributed by atoms with Gasteiger partial charge in [-0.1, -0.05) is 29.3 Å². The number of hydrogen-bond acceptors (Lipinski definition) is 3. The first-order valence-corrected chi connectivity index (χ1v) is 5.58. The summed E-state index contributed by atoms with van der Waals surface area (Å²) < 4.78 is 4.80. The van der Waals surface area contributed by atoms with Gasteiger partial charge < -0.3 is 10.5 Å². The number of carbonyl (C=O) groups excluding carboxylic acids is 2. The molecule has 6 heteroatoms. The third-order valence-corrected chi connectivity index (χ3v) is 2.78. The summed E-state index contributed by atoms with van der Waals surface area (Å²) in [6, 6.07) is 4.81. The van der Waals surface area contributed by atoms with E-state index in [1.165, 1.54) is 6.92 Å². The number of halogens is 2. The Morgan fingerprint density at radius 3 is 2.53 bits per heavy atom. The number of amides is 1. The molecule has 0 radical (unpaired) electrons. The minimum atomic E-state index is -0.940. The maximum absolute atomic E-state index is 11.4. The fraction of sp³-hybridized carbons (Fsp3) is 0.273. The molecule has 0 spiro atoms. The van der Waals surface area contributed by atoms with Crippen LogP contribution in [0.2, 0.25) is 10.0 Å². The minimum absolute atomic E-state index is 0.00844. The zero-order valence-electron chi connectivity index (χ0n) is 9.07. The van der Waals surface area contributed by atoms with Crippen molar-refractivity contribution in [3.05, 3.63) is 33.8 Å². The number of nitrogens with two attached hydrogens (primary N) is 1. The Labute approximate surface area is 109 Å². The van der Waals surface area contributed by atoms with Crippen LogP contribution in [-0.4, -0.2) is 18.0 Å². The fourth-order valence-electron chi connectivity index (χ4n) is 1.11. The average Bonchev–Trinajstić information content (AvgIpc) is 2.23. The van der Waals surface area contributed by atoms with E-state index in [-0.39, 0.29) is 6.42 Å². The van der Waals surface area contributed by atoms with Crippen LogP contribution in [0.25, 0.3) is 0 Å². The van der Waals surface area contributed by atoms with Gasteiger partial charge >= 0.3 is 5.97 Å². The Kier molecular flexibility index (Phi) is 4.78. The molecule has 1 aromatic carbocycles. The molecular formula is C11H11Cl2NO3.